The number of rotatable bonds is 7. The molecule has 8 heteroatoms. The minimum Gasteiger partial charge on any atom is -0.479 e. The molecule has 1 fully saturated rings. The Morgan fingerprint density at radius 1 is 1.57 bits per heavy atom. The van der Waals surface area contributed by atoms with Crippen LogP contribution in [0.3, 0.4) is 0 Å². The molecule has 21 heavy (non-hydrogen) atoms. The van der Waals surface area contributed by atoms with Gasteiger partial charge in [-0.1, -0.05) is 0 Å². The topological polar surface area (TPSA) is 79.3 Å². The number of aryl methyl sites for hydroxylation is 1. The summed E-state index contributed by atoms with van der Waals surface area (Å²) in [6.07, 6.45) is 0.845. The lowest BCUT2D eigenvalue weighted by Gasteiger charge is -2.24. The molecule has 0 radical (unpaired) electrons. The van der Waals surface area contributed by atoms with Gasteiger partial charge in [0.2, 0.25) is 5.91 Å². The number of thioether (sulfide) groups is 2. The van der Waals surface area contributed by atoms with Crippen LogP contribution in [0.5, 0.6) is 0 Å². The zero-order chi connectivity index (χ0) is 15.3. The summed E-state index contributed by atoms with van der Waals surface area (Å²) in [4.78, 5) is 27.6. The number of carbonyl (C=O) groups is 2. The molecule has 0 aliphatic carbocycles. The first-order valence-electron chi connectivity index (χ1n) is 6.63. The van der Waals surface area contributed by atoms with Crippen LogP contribution in [0.2, 0.25) is 0 Å². The Bertz CT molecular complexity index is 513. The predicted octanol–water partition coefficient (Wildman–Crippen LogP) is 2.15. The van der Waals surface area contributed by atoms with Crippen molar-refractivity contribution in [3.63, 3.8) is 0 Å². The second-order valence-electron chi connectivity index (χ2n) is 4.90. The molecule has 0 aromatic carbocycles. The number of hydrogen-bond donors (Lipinski definition) is 2. The molecule has 116 valence electrons. The molecule has 1 amide bonds. The van der Waals surface area contributed by atoms with Gasteiger partial charge < -0.3 is 10.4 Å². The molecule has 1 aliphatic heterocycles. The van der Waals surface area contributed by atoms with Crippen LogP contribution in [0.1, 0.15) is 23.5 Å². The van der Waals surface area contributed by atoms with Crippen LogP contribution >= 0.6 is 34.9 Å². The number of nitrogens with one attached hydrogen (secondary N) is 1. The monoisotopic (exact) mass is 346 g/mol. The van der Waals surface area contributed by atoms with Crippen LogP contribution in [-0.2, 0) is 15.3 Å². The standard InChI is InChI=1S/C13H18N2O3S3/c1-9-14-10(7-21-9)6-19-4-2-11(16)15-13(12(17)18)3-5-20-8-13/h7H,2-6,8H2,1H3,(H,15,16)(H,17,18). The number of carbonyl (C=O) groups excluding carboxylic acids is 1. The fourth-order valence-electron chi connectivity index (χ4n) is 2.03. The summed E-state index contributed by atoms with van der Waals surface area (Å²) in [7, 11) is 0. The Balaban J connectivity index is 1.71. The lowest BCUT2D eigenvalue weighted by molar-refractivity contribution is -0.146. The van der Waals surface area contributed by atoms with Crippen molar-refractivity contribution in [2.45, 2.75) is 31.1 Å². The van der Waals surface area contributed by atoms with Crippen molar-refractivity contribution < 1.29 is 14.7 Å². The third-order valence-electron chi connectivity index (χ3n) is 3.20. The first-order chi connectivity index (χ1) is 10.0. The fourth-order valence-corrected chi connectivity index (χ4v) is 4.91. The molecule has 1 unspecified atom stereocenters. The Labute approximate surface area is 136 Å². The zero-order valence-corrected chi connectivity index (χ0v) is 14.2. The normalized spacial score (nSPS) is 21.4. The number of aromatic nitrogens is 1. The van der Waals surface area contributed by atoms with Crippen LogP contribution in [0, 0.1) is 6.92 Å². The Morgan fingerprint density at radius 2 is 2.38 bits per heavy atom. The largest absolute Gasteiger partial charge is 0.479 e. The number of hydrogen-bond acceptors (Lipinski definition) is 6. The molecular formula is C13H18N2O3S3. The summed E-state index contributed by atoms with van der Waals surface area (Å²) in [6.45, 7) is 1.97. The van der Waals surface area contributed by atoms with E-state index in [9.17, 15) is 14.7 Å². The Hall–Kier alpha value is -0.730. The Morgan fingerprint density at radius 3 is 2.95 bits per heavy atom. The van der Waals surface area contributed by atoms with Gasteiger partial charge in [-0.05, 0) is 19.1 Å². The molecule has 1 aromatic rings. The van der Waals surface area contributed by atoms with Gasteiger partial charge in [0.25, 0.3) is 0 Å². The average Bonchev–Trinajstić information content (AvgIpc) is 3.05. The highest BCUT2D eigenvalue weighted by molar-refractivity contribution is 7.99. The van der Waals surface area contributed by atoms with E-state index in [-0.39, 0.29) is 5.91 Å². The van der Waals surface area contributed by atoms with Gasteiger partial charge >= 0.3 is 5.97 Å². The van der Waals surface area contributed by atoms with Gasteiger partial charge in [-0.15, -0.1) is 11.3 Å². The summed E-state index contributed by atoms with van der Waals surface area (Å²) in [5.41, 5.74) is -0.0181. The van der Waals surface area contributed by atoms with Crippen LogP contribution in [0.25, 0.3) is 0 Å². The van der Waals surface area contributed by atoms with E-state index in [4.69, 9.17) is 0 Å². The van der Waals surface area contributed by atoms with E-state index in [2.05, 4.69) is 10.3 Å². The third kappa shape index (κ3) is 4.62. The molecule has 1 saturated heterocycles. The highest BCUT2D eigenvalue weighted by Crippen LogP contribution is 2.28. The van der Waals surface area contributed by atoms with Gasteiger partial charge in [0.05, 0.1) is 10.7 Å². The van der Waals surface area contributed by atoms with Gasteiger partial charge in [-0.2, -0.15) is 23.5 Å². The molecule has 0 saturated carbocycles. The maximum absolute atomic E-state index is 11.9. The number of aliphatic carboxylic acids is 1. The number of amides is 1. The molecule has 1 aliphatic rings. The predicted molar refractivity (Wildman–Crippen MR) is 88.1 cm³/mol. The summed E-state index contributed by atoms with van der Waals surface area (Å²) < 4.78 is 0. The van der Waals surface area contributed by atoms with Crippen molar-refractivity contribution in [1.82, 2.24) is 10.3 Å². The van der Waals surface area contributed by atoms with E-state index < -0.39 is 11.5 Å². The van der Waals surface area contributed by atoms with Crippen molar-refractivity contribution in [3.8, 4) is 0 Å². The van der Waals surface area contributed by atoms with Crippen molar-refractivity contribution in [2.75, 3.05) is 17.3 Å². The highest BCUT2D eigenvalue weighted by atomic mass is 32.2. The maximum atomic E-state index is 11.9. The second kappa shape index (κ2) is 7.51. The first-order valence-corrected chi connectivity index (χ1v) is 9.82. The molecule has 0 spiro atoms. The molecule has 5 nitrogen and oxygen atoms in total. The van der Waals surface area contributed by atoms with Gasteiger partial charge in [0.15, 0.2) is 0 Å². The fraction of sp³-hybridized carbons (Fsp3) is 0.615. The van der Waals surface area contributed by atoms with Crippen LogP contribution < -0.4 is 5.32 Å². The molecule has 1 atom stereocenters. The lowest BCUT2D eigenvalue weighted by atomic mass is 9.99. The lowest BCUT2D eigenvalue weighted by Crippen LogP contribution is -2.54. The van der Waals surface area contributed by atoms with Crippen molar-refractivity contribution >= 4 is 46.7 Å². The SMILES string of the molecule is Cc1nc(CSCCC(=O)NC2(C(=O)O)CCSC2)cs1. The van der Waals surface area contributed by atoms with Crippen LogP contribution in [0.4, 0.5) is 0 Å². The van der Waals surface area contributed by atoms with Crippen LogP contribution in [-0.4, -0.2) is 44.8 Å². The molecule has 2 heterocycles. The number of carboxylic acids is 1. The molecule has 1 aromatic heterocycles. The van der Waals surface area contributed by atoms with Crippen LogP contribution in [0.15, 0.2) is 5.38 Å². The van der Waals surface area contributed by atoms with Gasteiger partial charge in [0, 0.05) is 29.1 Å². The van der Waals surface area contributed by atoms with Gasteiger partial charge in [0.1, 0.15) is 5.54 Å². The first kappa shape index (κ1) is 16.6. The molecule has 2 N–H and O–H groups in total. The number of thiazole rings is 1. The number of nitrogens with zero attached hydrogens (tertiary/aromatic N) is 1. The number of carboxylic acid groups (broad SMARTS) is 1. The van der Waals surface area contributed by atoms with Gasteiger partial charge in [-0.3, -0.25) is 4.79 Å². The quantitative estimate of drug-likeness (QED) is 0.737. The van der Waals surface area contributed by atoms with E-state index >= 15 is 0 Å². The summed E-state index contributed by atoms with van der Waals surface area (Å²) in [5.74, 6) is 1.60. The van der Waals surface area contributed by atoms with E-state index in [1.54, 1.807) is 34.9 Å². The molecule has 2 rings (SSSR count). The van der Waals surface area contributed by atoms with Gasteiger partial charge in [-0.25, -0.2) is 9.78 Å². The minimum atomic E-state index is -1.06. The highest BCUT2D eigenvalue weighted by Gasteiger charge is 2.43. The molecular weight excluding hydrogens is 328 g/mol. The summed E-state index contributed by atoms with van der Waals surface area (Å²) >= 11 is 4.84. The Kier molecular flexibility index (Phi) is 5.95. The van der Waals surface area contributed by atoms with E-state index in [1.807, 2.05) is 12.3 Å². The van der Waals surface area contributed by atoms with Crippen molar-refractivity contribution in [3.05, 3.63) is 16.1 Å². The smallest absolute Gasteiger partial charge is 0.330 e. The average molecular weight is 346 g/mol. The minimum absolute atomic E-state index is 0.179. The zero-order valence-electron chi connectivity index (χ0n) is 11.8. The summed E-state index contributed by atoms with van der Waals surface area (Å²) in [5, 5.41) is 15.1. The molecule has 0 bridgehead atoms. The maximum Gasteiger partial charge on any atom is 0.330 e. The van der Waals surface area contributed by atoms with Crippen molar-refractivity contribution in [2.24, 2.45) is 0 Å². The van der Waals surface area contributed by atoms with E-state index in [0.717, 1.165) is 22.2 Å². The summed E-state index contributed by atoms with van der Waals surface area (Å²) in [6, 6.07) is 0. The van der Waals surface area contributed by atoms with E-state index in [1.165, 1.54) is 0 Å². The second-order valence-corrected chi connectivity index (χ2v) is 8.17. The third-order valence-corrected chi connectivity index (χ3v) is 6.20. The van der Waals surface area contributed by atoms with E-state index in [0.29, 0.717) is 24.3 Å². The van der Waals surface area contributed by atoms with Crippen molar-refractivity contribution in [1.29, 1.82) is 0 Å².